The Labute approximate surface area is 169 Å². The number of nitrogens with zero attached hydrogens (tertiary/aromatic N) is 1. The van der Waals surface area contributed by atoms with Crippen LogP contribution in [-0.2, 0) is 9.59 Å². The van der Waals surface area contributed by atoms with E-state index in [2.05, 4.69) is 11.9 Å². The lowest BCUT2D eigenvalue weighted by atomic mass is 10.1. The third-order valence-corrected chi connectivity index (χ3v) is 4.54. The van der Waals surface area contributed by atoms with Gasteiger partial charge in [-0.25, -0.2) is 4.79 Å². The number of rotatable bonds is 5. The fourth-order valence-electron chi connectivity index (χ4n) is 2.55. The Morgan fingerprint density at radius 2 is 2.07 bits per heavy atom. The fraction of sp³-hybridized carbons (Fsp3) is 0.0526. The van der Waals surface area contributed by atoms with Gasteiger partial charge in [-0.15, -0.1) is 6.58 Å². The Hall–Kier alpha value is -3.23. The van der Waals surface area contributed by atoms with Crippen LogP contribution in [0.4, 0.5) is 0 Å². The smallest absolute Gasteiger partial charge is 0.335 e. The number of halogens is 1. The van der Waals surface area contributed by atoms with Crippen molar-refractivity contribution in [1.82, 2.24) is 10.2 Å². The van der Waals surface area contributed by atoms with Crippen molar-refractivity contribution in [2.24, 2.45) is 0 Å². The fourth-order valence-corrected chi connectivity index (χ4v) is 3.01. The predicted octanol–water partition coefficient (Wildman–Crippen LogP) is 3.11. The monoisotopic (exact) mass is 416 g/mol. The SMILES string of the molecule is C=CCN1C(=O)C(=Cc2ccc(-c3cc(C(=O)O)ccc3Cl)o2)C(=O)NC1=S. The number of amides is 2. The number of aromatic carboxylic acids is 1. The van der Waals surface area contributed by atoms with Crippen molar-refractivity contribution in [3.8, 4) is 11.3 Å². The first kappa shape index (κ1) is 19.5. The molecule has 0 aliphatic carbocycles. The number of carbonyl (C=O) groups excluding carboxylic acids is 2. The van der Waals surface area contributed by atoms with E-state index in [-0.39, 0.29) is 28.6 Å². The lowest BCUT2D eigenvalue weighted by Gasteiger charge is -2.27. The second-order valence-electron chi connectivity index (χ2n) is 5.72. The van der Waals surface area contributed by atoms with Crippen LogP contribution in [0.1, 0.15) is 16.1 Å². The number of furan rings is 1. The molecule has 28 heavy (non-hydrogen) atoms. The average Bonchev–Trinajstić information content (AvgIpc) is 3.11. The van der Waals surface area contributed by atoms with Gasteiger partial charge in [-0.05, 0) is 48.6 Å². The Morgan fingerprint density at radius 3 is 2.75 bits per heavy atom. The summed E-state index contributed by atoms with van der Waals surface area (Å²) in [6, 6.07) is 7.31. The normalized spacial score (nSPS) is 15.7. The van der Waals surface area contributed by atoms with Crippen LogP contribution in [0.15, 0.2) is 53.0 Å². The molecule has 142 valence electrons. The molecular formula is C19H13ClN2O5S. The van der Waals surface area contributed by atoms with Gasteiger partial charge in [-0.3, -0.25) is 19.8 Å². The van der Waals surface area contributed by atoms with E-state index >= 15 is 0 Å². The second kappa shape index (κ2) is 7.79. The third kappa shape index (κ3) is 3.73. The summed E-state index contributed by atoms with van der Waals surface area (Å²) in [5.41, 5.74) is 0.271. The number of thiocarbonyl (C=S) groups is 1. The molecule has 2 amide bonds. The van der Waals surface area contributed by atoms with Gasteiger partial charge in [0.2, 0.25) is 0 Å². The molecule has 0 radical (unpaired) electrons. The van der Waals surface area contributed by atoms with Gasteiger partial charge in [0.1, 0.15) is 17.1 Å². The zero-order valence-corrected chi connectivity index (χ0v) is 15.8. The number of nitrogens with one attached hydrogen (secondary N) is 1. The molecule has 0 unspecified atom stereocenters. The Morgan fingerprint density at radius 1 is 1.32 bits per heavy atom. The lowest BCUT2D eigenvalue weighted by Crippen LogP contribution is -2.53. The maximum absolute atomic E-state index is 12.5. The van der Waals surface area contributed by atoms with E-state index in [0.717, 1.165) is 0 Å². The van der Waals surface area contributed by atoms with Gasteiger partial charge in [0.05, 0.1) is 10.6 Å². The number of carboxylic acids is 1. The van der Waals surface area contributed by atoms with Gasteiger partial charge in [0.15, 0.2) is 5.11 Å². The zero-order valence-electron chi connectivity index (χ0n) is 14.3. The molecule has 1 aliphatic heterocycles. The highest BCUT2D eigenvalue weighted by atomic mass is 35.5. The van der Waals surface area contributed by atoms with Crippen molar-refractivity contribution in [2.75, 3.05) is 6.54 Å². The summed E-state index contributed by atoms with van der Waals surface area (Å²) < 4.78 is 5.65. The second-order valence-corrected chi connectivity index (χ2v) is 6.52. The topological polar surface area (TPSA) is 99.8 Å². The van der Waals surface area contributed by atoms with Crippen LogP contribution in [0.25, 0.3) is 17.4 Å². The summed E-state index contributed by atoms with van der Waals surface area (Å²) in [7, 11) is 0. The van der Waals surface area contributed by atoms with Crippen LogP contribution in [0.2, 0.25) is 5.02 Å². The van der Waals surface area contributed by atoms with E-state index in [4.69, 9.17) is 33.3 Å². The van der Waals surface area contributed by atoms with Crippen LogP contribution in [0.3, 0.4) is 0 Å². The van der Waals surface area contributed by atoms with Gasteiger partial charge in [-0.2, -0.15) is 0 Å². The van der Waals surface area contributed by atoms with Gasteiger partial charge in [-0.1, -0.05) is 17.7 Å². The van der Waals surface area contributed by atoms with E-state index < -0.39 is 17.8 Å². The first-order chi connectivity index (χ1) is 13.3. The molecule has 2 N–H and O–H groups in total. The molecule has 1 saturated heterocycles. The van der Waals surface area contributed by atoms with Crippen LogP contribution in [-0.4, -0.2) is 39.4 Å². The largest absolute Gasteiger partial charge is 0.478 e. The standard InChI is InChI=1S/C19H13ClN2O5S/c1-2-7-22-17(24)13(16(23)21-19(22)28)9-11-4-6-15(27-11)12-8-10(18(25)26)3-5-14(12)20/h2-6,8-9H,1,7H2,(H,25,26)(H,21,23,28). The molecule has 1 aromatic heterocycles. The minimum absolute atomic E-state index is 0.00412. The average molecular weight is 417 g/mol. The quantitative estimate of drug-likeness (QED) is 0.336. The van der Waals surface area contributed by atoms with Gasteiger partial charge in [0.25, 0.3) is 11.8 Å². The summed E-state index contributed by atoms with van der Waals surface area (Å²) in [5.74, 6) is -1.80. The van der Waals surface area contributed by atoms with Gasteiger partial charge >= 0.3 is 5.97 Å². The molecule has 1 fully saturated rings. The molecule has 2 heterocycles. The molecule has 3 rings (SSSR count). The van der Waals surface area contributed by atoms with E-state index in [9.17, 15) is 14.4 Å². The maximum Gasteiger partial charge on any atom is 0.335 e. The highest BCUT2D eigenvalue weighted by molar-refractivity contribution is 7.80. The van der Waals surface area contributed by atoms with E-state index in [1.807, 2.05) is 0 Å². The first-order valence-corrected chi connectivity index (χ1v) is 8.73. The molecule has 2 aromatic rings. The lowest BCUT2D eigenvalue weighted by molar-refractivity contribution is -0.128. The molecule has 1 aromatic carbocycles. The van der Waals surface area contributed by atoms with Gasteiger partial charge < -0.3 is 9.52 Å². The first-order valence-electron chi connectivity index (χ1n) is 7.94. The molecule has 7 nitrogen and oxygen atoms in total. The molecule has 1 aliphatic rings. The number of carbonyl (C=O) groups is 3. The van der Waals surface area contributed by atoms with Crippen molar-refractivity contribution in [2.45, 2.75) is 0 Å². The van der Waals surface area contributed by atoms with Crippen molar-refractivity contribution in [1.29, 1.82) is 0 Å². The molecular weight excluding hydrogens is 404 g/mol. The zero-order chi connectivity index (χ0) is 20.4. The number of hydrogen-bond acceptors (Lipinski definition) is 5. The van der Waals surface area contributed by atoms with Crippen molar-refractivity contribution >= 4 is 52.8 Å². The molecule has 0 spiro atoms. The highest BCUT2D eigenvalue weighted by Gasteiger charge is 2.32. The van der Waals surface area contributed by atoms with Crippen LogP contribution < -0.4 is 5.32 Å². The number of carboxylic acid groups (broad SMARTS) is 1. The number of benzene rings is 1. The summed E-state index contributed by atoms with van der Waals surface area (Å²) in [4.78, 5) is 37.0. The summed E-state index contributed by atoms with van der Waals surface area (Å²) in [5, 5.41) is 11.9. The third-order valence-electron chi connectivity index (χ3n) is 3.89. The predicted molar refractivity (Wildman–Crippen MR) is 107 cm³/mol. The minimum atomic E-state index is -1.10. The highest BCUT2D eigenvalue weighted by Crippen LogP contribution is 2.31. The Kier molecular flexibility index (Phi) is 5.43. The molecule has 9 heteroatoms. The summed E-state index contributed by atoms with van der Waals surface area (Å²) in [6.45, 7) is 3.71. The molecule has 0 saturated carbocycles. The van der Waals surface area contributed by atoms with E-state index in [1.54, 1.807) is 6.07 Å². The van der Waals surface area contributed by atoms with Gasteiger partial charge in [0, 0.05) is 12.1 Å². The van der Waals surface area contributed by atoms with E-state index in [1.165, 1.54) is 41.3 Å². The van der Waals surface area contributed by atoms with Crippen LogP contribution in [0.5, 0.6) is 0 Å². The number of hydrogen-bond donors (Lipinski definition) is 2. The van der Waals surface area contributed by atoms with Crippen molar-refractivity contribution in [3.05, 3.63) is 64.9 Å². The molecule has 0 bridgehead atoms. The Bertz CT molecular complexity index is 1060. The summed E-state index contributed by atoms with van der Waals surface area (Å²) in [6.07, 6.45) is 2.77. The van der Waals surface area contributed by atoms with Crippen molar-refractivity contribution in [3.63, 3.8) is 0 Å². The Balaban J connectivity index is 1.96. The van der Waals surface area contributed by atoms with Crippen LogP contribution >= 0.6 is 23.8 Å². The summed E-state index contributed by atoms with van der Waals surface area (Å²) >= 11 is 11.1. The van der Waals surface area contributed by atoms with Crippen LogP contribution in [0, 0.1) is 0 Å². The van der Waals surface area contributed by atoms with E-state index in [0.29, 0.717) is 16.3 Å². The van der Waals surface area contributed by atoms with Crippen molar-refractivity contribution < 1.29 is 23.9 Å². The molecule has 0 atom stereocenters. The maximum atomic E-state index is 12.5. The minimum Gasteiger partial charge on any atom is -0.478 e.